The molecule has 0 aromatic heterocycles. The average molecular weight is 554 g/mol. The van der Waals surface area contributed by atoms with E-state index in [4.69, 9.17) is 5.73 Å². The summed E-state index contributed by atoms with van der Waals surface area (Å²) in [6, 6.07) is 13.5. The second-order valence-electron chi connectivity index (χ2n) is 10.4. The van der Waals surface area contributed by atoms with Crippen LogP contribution in [0, 0.1) is 11.8 Å². The summed E-state index contributed by atoms with van der Waals surface area (Å²) in [7, 11) is 0. The largest absolute Gasteiger partial charge is 0.508 e. The number of phenols is 1. The van der Waals surface area contributed by atoms with Gasteiger partial charge in [0, 0.05) is 25.2 Å². The van der Waals surface area contributed by atoms with E-state index in [2.05, 4.69) is 10.6 Å². The Morgan fingerprint density at radius 1 is 0.875 bits per heavy atom. The topological polar surface area (TPSA) is 176 Å². The number of nitrogens with two attached hydrogens (primary N) is 1. The van der Waals surface area contributed by atoms with Crippen LogP contribution < -0.4 is 16.4 Å². The number of carbonyl (C=O) groups is 5. The van der Waals surface area contributed by atoms with Crippen molar-refractivity contribution in [2.45, 2.75) is 64.5 Å². The summed E-state index contributed by atoms with van der Waals surface area (Å²) in [6.07, 6.45) is 0.327. The Balaban J connectivity index is 1.88. The van der Waals surface area contributed by atoms with Gasteiger partial charge in [-0.3, -0.25) is 19.2 Å². The number of Topliss-reactive ketones (excluding diaryl/α,β-unsaturated/α-hetero) is 2. The minimum absolute atomic E-state index is 0.0417. The van der Waals surface area contributed by atoms with Gasteiger partial charge in [-0.15, -0.1) is 0 Å². The number of amides is 2. The molecule has 0 saturated carbocycles. The Hall–Kier alpha value is -4.05. The lowest BCUT2D eigenvalue weighted by Crippen LogP contribution is -2.45. The zero-order valence-electron chi connectivity index (χ0n) is 23.0. The molecule has 6 N–H and O–H groups in total. The van der Waals surface area contributed by atoms with Crippen LogP contribution in [0.2, 0.25) is 0 Å². The fraction of sp³-hybridized carbons (Fsp3) is 0.433. The van der Waals surface area contributed by atoms with Crippen LogP contribution in [-0.2, 0) is 36.8 Å². The van der Waals surface area contributed by atoms with E-state index < -0.39 is 41.6 Å². The number of carbonyl (C=O) groups excluding carboxylic acids is 4. The highest BCUT2D eigenvalue weighted by atomic mass is 16.4. The number of hydrogen-bond acceptors (Lipinski definition) is 7. The number of nitrogens with one attached hydrogen (secondary N) is 2. The number of carboxylic acids is 1. The molecule has 0 aliphatic heterocycles. The number of phenolic OH excluding ortho intramolecular Hbond substituents is 1. The first-order chi connectivity index (χ1) is 18.9. The molecule has 2 rings (SSSR count). The molecule has 0 fully saturated rings. The summed E-state index contributed by atoms with van der Waals surface area (Å²) in [5, 5.41) is 23.9. The molecule has 0 aliphatic carbocycles. The van der Waals surface area contributed by atoms with E-state index in [1.807, 2.05) is 44.2 Å². The SMILES string of the molecule is CC(C)CC(NC(=O)C(CC(=O)CNC(=O)CCC(=O)C(N)Cc1ccc(O)cc1)Cc1ccccc1)C(=O)O. The molecular weight excluding hydrogens is 514 g/mol. The summed E-state index contributed by atoms with van der Waals surface area (Å²) in [6.45, 7) is 3.39. The van der Waals surface area contributed by atoms with Gasteiger partial charge in [-0.25, -0.2) is 4.79 Å². The molecule has 3 atom stereocenters. The minimum Gasteiger partial charge on any atom is -0.508 e. The maximum absolute atomic E-state index is 13.0. The van der Waals surface area contributed by atoms with Gasteiger partial charge >= 0.3 is 5.97 Å². The highest BCUT2D eigenvalue weighted by molar-refractivity contribution is 5.93. The van der Waals surface area contributed by atoms with Gasteiger partial charge < -0.3 is 26.6 Å². The third-order valence-electron chi connectivity index (χ3n) is 6.38. The number of aliphatic carboxylic acids is 1. The van der Waals surface area contributed by atoms with Crippen LogP contribution in [0.25, 0.3) is 0 Å². The molecule has 0 saturated heterocycles. The lowest BCUT2D eigenvalue weighted by Gasteiger charge is -2.21. The van der Waals surface area contributed by atoms with E-state index in [9.17, 15) is 34.2 Å². The molecule has 10 nitrogen and oxygen atoms in total. The van der Waals surface area contributed by atoms with E-state index >= 15 is 0 Å². The second kappa shape index (κ2) is 16.1. The van der Waals surface area contributed by atoms with Crippen molar-refractivity contribution in [1.29, 1.82) is 0 Å². The standard InChI is InChI=1S/C30H39N3O7/c1-19(2)14-26(30(39)40)33-29(38)22(15-20-6-4-3-5-7-20)17-24(35)18-32-28(37)13-12-27(36)25(31)16-21-8-10-23(34)11-9-21/h3-11,19,22,25-26,34H,12-18,31H2,1-2H3,(H,32,37)(H,33,38)(H,39,40). The van der Waals surface area contributed by atoms with Gasteiger partial charge in [0.1, 0.15) is 17.6 Å². The number of rotatable bonds is 17. The molecule has 2 aromatic rings. The highest BCUT2D eigenvalue weighted by Crippen LogP contribution is 2.16. The monoisotopic (exact) mass is 553 g/mol. The van der Waals surface area contributed by atoms with Crippen LogP contribution in [0.5, 0.6) is 5.75 Å². The second-order valence-corrected chi connectivity index (χ2v) is 10.4. The first-order valence-corrected chi connectivity index (χ1v) is 13.4. The molecule has 0 radical (unpaired) electrons. The van der Waals surface area contributed by atoms with Crippen molar-refractivity contribution in [3.05, 3.63) is 65.7 Å². The van der Waals surface area contributed by atoms with Crippen LogP contribution in [0.4, 0.5) is 0 Å². The van der Waals surface area contributed by atoms with Gasteiger partial charge in [0.15, 0.2) is 5.78 Å². The fourth-order valence-electron chi connectivity index (χ4n) is 4.19. The molecule has 0 bridgehead atoms. The highest BCUT2D eigenvalue weighted by Gasteiger charge is 2.28. The summed E-state index contributed by atoms with van der Waals surface area (Å²) in [5.74, 6) is -3.54. The number of carboxylic acid groups (broad SMARTS) is 1. The molecule has 216 valence electrons. The summed E-state index contributed by atoms with van der Waals surface area (Å²) in [5.41, 5.74) is 7.55. The Kier molecular flexibility index (Phi) is 13.0. The Labute approximate surface area is 234 Å². The van der Waals surface area contributed by atoms with Crippen molar-refractivity contribution >= 4 is 29.4 Å². The molecule has 0 aliphatic rings. The zero-order valence-corrected chi connectivity index (χ0v) is 23.0. The Bertz CT molecular complexity index is 1150. The van der Waals surface area contributed by atoms with Crippen molar-refractivity contribution in [3.8, 4) is 5.75 Å². The van der Waals surface area contributed by atoms with Crippen LogP contribution in [0.15, 0.2) is 54.6 Å². The van der Waals surface area contributed by atoms with Crippen molar-refractivity contribution in [2.24, 2.45) is 17.6 Å². The number of benzene rings is 2. The van der Waals surface area contributed by atoms with Gasteiger partial charge in [0.2, 0.25) is 11.8 Å². The van der Waals surface area contributed by atoms with E-state index in [1.165, 1.54) is 12.1 Å². The molecule has 3 unspecified atom stereocenters. The first-order valence-electron chi connectivity index (χ1n) is 13.4. The normalized spacial score (nSPS) is 13.2. The lowest BCUT2D eigenvalue weighted by atomic mass is 9.92. The van der Waals surface area contributed by atoms with Gasteiger partial charge in [-0.2, -0.15) is 0 Å². The first kappa shape index (κ1) is 32.2. The van der Waals surface area contributed by atoms with Gasteiger partial charge in [0.05, 0.1) is 12.6 Å². The zero-order chi connectivity index (χ0) is 29.7. The maximum atomic E-state index is 13.0. The van der Waals surface area contributed by atoms with Gasteiger partial charge in [-0.1, -0.05) is 56.3 Å². The number of aromatic hydroxyl groups is 1. The van der Waals surface area contributed by atoms with Crippen LogP contribution >= 0.6 is 0 Å². The Morgan fingerprint density at radius 3 is 2.10 bits per heavy atom. The third kappa shape index (κ3) is 11.8. The number of hydrogen-bond donors (Lipinski definition) is 5. The predicted molar refractivity (Wildman–Crippen MR) is 149 cm³/mol. The van der Waals surface area contributed by atoms with Gasteiger partial charge in [0.25, 0.3) is 0 Å². The average Bonchev–Trinajstić information content (AvgIpc) is 2.91. The van der Waals surface area contributed by atoms with E-state index in [0.717, 1.165) is 11.1 Å². The molecular formula is C30H39N3O7. The summed E-state index contributed by atoms with van der Waals surface area (Å²) in [4.78, 5) is 62.0. The van der Waals surface area contributed by atoms with E-state index in [1.54, 1.807) is 12.1 Å². The molecule has 40 heavy (non-hydrogen) atoms. The summed E-state index contributed by atoms with van der Waals surface area (Å²) < 4.78 is 0. The quantitative estimate of drug-likeness (QED) is 0.198. The van der Waals surface area contributed by atoms with Crippen molar-refractivity contribution in [3.63, 3.8) is 0 Å². The van der Waals surface area contributed by atoms with Gasteiger partial charge in [-0.05, 0) is 48.4 Å². The Morgan fingerprint density at radius 2 is 1.50 bits per heavy atom. The lowest BCUT2D eigenvalue weighted by molar-refractivity contribution is -0.143. The molecule has 2 amide bonds. The summed E-state index contributed by atoms with van der Waals surface area (Å²) >= 11 is 0. The maximum Gasteiger partial charge on any atom is 0.326 e. The third-order valence-corrected chi connectivity index (χ3v) is 6.38. The van der Waals surface area contributed by atoms with Crippen molar-refractivity contribution in [1.82, 2.24) is 10.6 Å². The molecule has 10 heteroatoms. The smallest absolute Gasteiger partial charge is 0.326 e. The van der Waals surface area contributed by atoms with Crippen LogP contribution in [0.3, 0.4) is 0 Å². The van der Waals surface area contributed by atoms with Crippen molar-refractivity contribution < 1.29 is 34.2 Å². The van der Waals surface area contributed by atoms with Crippen LogP contribution in [-0.4, -0.2) is 58.2 Å². The van der Waals surface area contributed by atoms with E-state index in [-0.39, 0.29) is 62.5 Å². The van der Waals surface area contributed by atoms with Crippen molar-refractivity contribution in [2.75, 3.05) is 6.54 Å². The minimum atomic E-state index is -1.14. The van der Waals surface area contributed by atoms with E-state index in [0.29, 0.717) is 0 Å². The molecule has 0 spiro atoms. The molecule has 0 heterocycles. The molecule has 2 aromatic carbocycles. The fourth-order valence-corrected chi connectivity index (χ4v) is 4.19. The van der Waals surface area contributed by atoms with Crippen LogP contribution in [0.1, 0.15) is 50.7 Å². The number of ketones is 2. The predicted octanol–water partition coefficient (Wildman–Crippen LogP) is 2.16.